The summed E-state index contributed by atoms with van der Waals surface area (Å²) in [5, 5.41) is 8.29. The van der Waals surface area contributed by atoms with Gasteiger partial charge in [0.2, 0.25) is 6.79 Å². The molecule has 1 fully saturated rings. The Morgan fingerprint density at radius 2 is 1.76 bits per heavy atom. The van der Waals surface area contributed by atoms with E-state index in [0.717, 1.165) is 58.5 Å². The van der Waals surface area contributed by atoms with Gasteiger partial charge in [-0.25, -0.2) is 0 Å². The Balaban J connectivity index is 1.07. The van der Waals surface area contributed by atoms with Crippen molar-refractivity contribution in [3.8, 4) is 28.4 Å². The molecular weight excluding hydrogens is 448 g/mol. The van der Waals surface area contributed by atoms with Gasteiger partial charge in [-0.3, -0.25) is 0 Å². The van der Waals surface area contributed by atoms with Crippen LogP contribution in [0.3, 0.4) is 0 Å². The zero-order valence-corrected chi connectivity index (χ0v) is 20.0. The van der Waals surface area contributed by atoms with E-state index in [-0.39, 0.29) is 6.79 Å². The first-order valence-corrected chi connectivity index (χ1v) is 12.5. The van der Waals surface area contributed by atoms with Gasteiger partial charge >= 0.3 is 0 Å². The van der Waals surface area contributed by atoms with Crippen molar-refractivity contribution in [2.24, 2.45) is 5.16 Å². The lowest BCUT2D eigenvalue weighted by Gasteiger charge is -2.09. The quantitative estimate of drug-likeness (QED) is 0.263. The van der Waals surface area contributed by atoms with E-state index in [1.807, 2.05) is 61.2 Å². The van der Waals surface area contributed by atoms with Crippen molar-refractivity contribution in [1.29, 1.82) is 0 Å². The Labute approximate surface area is 204 Å². The molecule has 5 rings (SSSR count). The summed E-state index contributed by atoms with van der Waals surface area (Å²) in [5.41, 5.74) is 5.36. The fraction of sp³-hybridized carbons (Fsp3) is 0.296. The third kappa shape index (κ3) is 5.66. The Hall–Kier alpha value is -3.16. The lowest BCUT2D eigenvalue weighted by Crippen LogP contribution is -2.14. The molecule has 1 saturated heterocycles. The molecule has 2 aliphatic rings. The maximum Gasteiger partial charge on any atom is 0.231 e. The number of ether oxygens (including phenoxy) is 3. The fourth-order valence-electron chi connectivity index (χ4n) is 3.94. The van der Waals surface area contributed by atoms with E-state index in [0.29, 0.717) is 18.5 Å². The summed E-state index contributed by atoms with van der Waals surface area (Å²) in [6.07, 6.45) is 1.09. The Morgan fingerprint density at radius 1 is 0.971 bits per heavy atom. The van der Waals surface area contributed by atoms with E-state index in [1.165, 1.54) is 5.56 Å². The summed E-state index contributed by atoms with van der Waals surface area (Å²) in [6, 6.07) is 22.5. The normalized spacial score (nSPS) is 17.1. The lowest BCUT2D eigenvalue weighted by molar-refractivity contribution is 0.107. The summed E-state index contributed by atoms with van der Waals surface area (Å²) in [6.45, 7) is 4.14. The van der Waals surface area contributed by atoms with Crippen LogP contribution >= 0.6 is 11.8 Å². The van der Waals surface area contributed by atoms with E-state index >= 15 is 0 Å². The zero-order valence-electron chi connectivity index (χ0n) is 19.2. The Bertz CT molecular complexity index is 1130. The average Bonchev–Trinajstić information content (AvgIpc) is 3.56. The van der Waals surface area contributed by atoms with Crippen molar-refractivity contribution in [2.45, 2.75) is 18.6 Å². The van der Waals surface area contributed by atoms with Crippen molar-refractivity contribution in [3.05, 3.63) is 77.9 Å². The van der Waals surface area contributed by atoms with Crippen LogP contribution < -0.4 is 19.5 Å². The van der Waals surface area contributed by atoms with Gasteiger partial charge in [0, 0.05) is 17.7 Å². The summed E-state index contributed by atoms with van der Waals surface area (Å²) in [5.74, 6) is 3.48. The van der Waals surface area contributed by atoms with Gasteiger partial charge in [-0.15, -0.1) is 11.8 Å². The molecule has 1 atom stereocenters. The monoisotopic (exact) mass is 476 g/mol. The van der Waals surface area contributed by atoms with Crippen molar-refractivity contribution in [2.75, 3.05) is 32.4 Å². The van der Waals surface area contributed by atoms with Gasteiger partial charge in [-0.1, -0.05) is 47.6 Å². The number of benzene rings is 3. The highest BCUT2D eigenvalue weighted by Gasteiger charge is 2.15. The highest BCUT2D eigenvalue weighted by atomic mass is 32.2. The fourth-order valence-corrected chi connectivity index (χ4v) is 4.96. The summed E-state index contributed by atoms with van der Waals surface area (Å²) < 4.78 is 16.6. The van der Waals surface area contributed by atoms with Crippen molar-refractivity contribution >= 4 is 17.5 Å². The summed E-state index contributed by atoms with van der Waals surface area (Å²) in [4.78, 5) is 5.47. The predicted molar refractivity (Wildman–Crippen MR) is 136 cm³/mol. The second-order valence-corrected chi connectivity index (χ2v) is 9.53. The second kappa shape index (κ2) is 10.8. The van der Waals surface area contributed by atoms with Crippen LogP contribution in [0.15, 0.2) is 71.9 Å². The SMILES string of the molecule is CC(=NOCCOc1ccc(CC2CNCS2)cc1)c1ccc(-c2ccc3c(c2)OCO3)cc1. The molecule has 1 N–H and O–H groups in total. The molecule has 0 aliphatic carbocycles. The van der Waals surface area contributed by atoms with Crippen LogP contribution in [-0.2, 0) is 11.3 Å². The van der Waals surface area contributed by atoms with Crippen molar-refractivity contribution in [3.63, 3.8) is 0 Å². The molecule has 2 aliphatic heterocycles. The molecule has 0 radical (unpaired) electrons. The zero-order chi connectivity index (χ0) is 23.2. The van der Waals surface area contributed by atoms with Crippen LogP contribution in [0.25, 0.3) is 11.1 Å². The molecule has 0 spiro atoms. The number of hydrogen-bond donors (Lipinski definition) is 1. The predicted octanol–water partition coefficient (Wildman–Crippen LogP) is 5.11. The molecular formula is C27H28N2O4S. The molecule has 176 valence electrons. The van der Waals surface area contributed by atoms with Crippen molar-refractivity contribution < 1.29 is 19.0 Å². The number of fused-ring (bicyclic) bond motifs is 1. The van der Waals surface area contributed by atoms with Gasteiger partial charge in [0.05, 0.1) is 5.71 Å². The maximum absolute atomic E-state index is 5.78. The van der Waals surface area contributed by atoms with E-state index in [2.05, 4.69) is 34.7 Å². The third-order valence-electron chi connectivity index (χ3n) is 5.83. The first-order chi connectivity index (χ1) is 16.7. The number of nitrogens with zero attached hydrogens (tertiary/aromatic N) is 1. The van der Waals surface area contributed by atoms with Gasteiger partial charge < -0.3 is 24.4 Å². The molecule has 3 aromatic rings. The van der Waals surface area contributed by atoms with Gasteiger partial charge in [0.15, 0.2) is 18.1 Å². The minimum absolute atomic E-state index is 0.280. The summed E-state index contributed by atoms with van der Waals surface area (Å²) in [7, 11) is 0. The standard InChI is InChI=1S/C27H28N2O4S/c1-19(21-4-6-22(7-5-21)23-8-11-26-27(15-23)32-18-31-26)29-33-13-12-30-24-9-2-20(3-10-24)14-25-16-28-17-34-25/h2-11,15,25,28H,12-14,16-18H2,1H3. The van der Waals surface area contributed by atoms with Crippen molar-refractivity contribution in [1.82, 2.24) is 5.32 Å². The van der Waals surface area contributed by atoms with E-state index in [1.54, 1.807) is 0 Å². The molecule has 0 saturated carbocycles. The van der Waals surface area contributed by atoms with E-state index < -0.39 is 0 Å². The molecule has 7 heteroatoms. The number of thioether (sulfide) groups is 1. The van der Waals surface area contributed by atoms with Gasteiger partial charge in [-0.05, 0) is 59.9 Å². The van der Waals surface area contributed by atoms with Crippen LogP contribution in [-0.4, -0.2) is 43.4 Å². The van der Waals surface area contributed by atoms with Crippen LogP contribution in [0.5, 0.6) is 17.2 Å². The lowest BCUT2D eigenvalue weighted by atomic mass is 10.0. The average molecular weight is 477 g/mol. The first-order valence-electron chi connectivity index (χ1n) is 11.5. The minimum Gasteiger partial charge on any atom is -0.490 e. The molecule has 0 aromatic heterocycles. The minimum atomic E-state index is 0.280. The molecule has 1 unspecified atom stereocenters. The summed E-state index contributed by atoms with van der Waals surface area (Å²) >= 11 is 1.98. The number of hydrogen-bond acceptors (Lipinski definition) is 7. The highest BCUT2D eigenvalue weighted by molar-refractivity contribution is 8.00. The largest absolute Gasteiger partial charge is 0.490 e. The molecule has 0 bridgehead atoms. The topological polar surface area (TPSA) is 61.3 Å². The van der Waals surface area contributed by atoms with Crippen LogP contribution in [0, 0.1) is 0 Å². The van der Waals surface area contributed by atoms with Gasteiger partial charge in [0.1, 0.15) is 12.4 Å². The second-order valence-electron chi connectivity index (χ2n) is 8.24. The highest BCUT2D eigenvalue weighted by Crippen LogP contribution is 2.35. The van der Waals surface area contributed by atoms with Gasteiger partial charge in [0.25, 0.3) is 0 Å². The molecule has 2 heterocycles. The molecule has 3 aromatic carbocycles. The maximum atomic E-state index is 5.78. The Morgan fingerprint density at radius 3 is 2.56 bits per heavy atom. The van der Waals surface area contributed by atoms with E-state index in [9.17, 15) is 0 Å². The number of rotatable bonds is 9. The van der Waals surface area contributed by atoms with Crippen LogP contribution in [0.4, 0.5) is 0 Å². The van der Waals surface area contributed by atoms with Crippen LogP contribution in [0.1, 0.15) is 18.1 Å². The molecule has 0 amide bonds. The Kier molecular flexibility index (Phi) is 7.22. The number of oxime groups is 1. The first kappa shape index (κ1) is 22.6. The van der Waals surface area contributed by atoms with Crippen LogP contribution in [0.2, 0.25) is 0 Å². The smallest absolute Gasteiger partial charge is 0.231 e. The number of nitrogens with one attached hydrogen (secondary N) is 1. The molecule has 34 heavy (non-hydrogen) atoms. The van der Waals surface area contributed by atoms with E-state index in [4.69, 9.17) is 19.0 Å². The molecule has 6 nitrogen and oxygen atoms in total. The third-order valence-corrected chi connectivity index (χ3v) is 7.01. The van der Waals surface area contributed by atoms with Gasteiger partial charge in [-0.2, -0.15) is 0 Å².